The van der Waals surface area contributed by atoms with Gasteiger partial charge in [-0.2, -0.15) is 0 Å². The summed E-state index contributed by atoms with van der Waals surface area (Å²) in [6.45, 7) is 8.70. The lowest BCUT2D eigenvalue weighted by Gasteiger charge is -2.36. The van der Waals surface area contributed by atoms with Crippen molar-refractivity contribution in [3.05, 3.63) is 0 Å². The van der Waals surface area contributed by atoms with Crippen LogP contribution in [0.25, 0.3) is 0 Å². The molecule has 1 heterocycles. The number of carbonyl (C=O) groups excluding carboxylic acids is 1. The van der Waals surface area contributed by atoms with Crippen LogP contribution in [0, 0.1) is 5.41 Å². The minimum atomic E-state index is -0.974. The summed E-state index contributed by atoms with van der Waals surface area (Å²) < 4.78 is 0. The number of β-amino-alcohol motifs (C(OH)–C–C–N with tert-alkyl or cyclic N) is 1. The van der Waals surface area contributed by atoms with Gasteiger partial charge < -0.3 is 19.9 Å². The van der Waals surface area contributed by atoms with Crippen LogP contribution in [0.2, 0.25) is 0 Å². The lowest BCUT2D eigenvalue weighted by molar-refractivity contribution is -0.909. The zero-order valence-electron chi connectivity index (χ0n) is 10.2. The summed E-state index contributed by atoms with van der Waals surface area (Å²) in [6.07, 6.45) is 0. The van der Waals surface area contributed by atoms with Gasteiger partial charge in [-0.1, -0.05) is 0 Å². The quantitative estimate of drug-likeness (QED) is 0.527. The third-order valence-corrected chi connectivity index (χ3v) is 3.22. The van der Waals surface area contributed by atoms with Crippen molar-refractivity contribution in [2.45, 2.75) is 13.8 Å². The van der Waals surface area contributed by atoms with Crippen molar-refractivity contribution < 1.29 is 19.9 Å². The number of nitrogens with zero attached hydrogens (tertiary/aromatic N) is 1. The molecule has 16 heavy (non-hydrogen) atoms. The molecule has 0 aliphatic carbocycles. The highest BCUT2D eigenvalue weighted by Gasteiger charge is 2.28. The van der Waals surface area contributed by atoms with Gasteiger partial charge in [0.25, 0.3) is 0 Å². The van der Waals surface area contributed by atoms with Gasteiger partial charge >= 0.3 is 0 Å². The molecule has 0 spiro atoms. The number of hydrogen-bond acceptors (Lipinski definition) is 4. The van der Waals surface area contributed by atoms with Crippen molar-refractivity contribution in [2.24, 2.45) is 5.41 Å². The van der Waals surface area contributed by atoms with Crippen LogP contribution in [0.3, 0.4) is 0 Å². The Morgan fingerprint density at radius 1 is 1.44 bits per heavy atom. The number of carboxylic acids is 1. The number of carbonyl (C=O) groups is 1. The monoisotopic (exact) mass is 230 g/mol. The molecular formula is C11H22N2O3. The van der Waals surface area contributed by atoms with E-state index >= 15 is 0 Å². The van der Waals surface area contributed by atoms with Crippen molar-refractivity contribution in [3.8, 4) is 0 Å². The molecule has 0 aromatic rings. The van der Waals surface area contributed by atoms with E-state index in [2.05, 4.69) is 4.90 Å². The number of rotatable bonds is 5. The van der Waals surface area contributed by atoms with E-state index in [1.807, 2.05) is 0 Å². The normalized spacial score (nSPS) is 19.9. The molecule has 0 aromatic heterocycles. The highest BCUT2D eigenvalue weighted by molar-refractivity contribution is 5.71. The highest BCUT2D eigenvalue weighted by Crippen LogP contribution is 2.09. The summed E-state index contributed by atoms with van der Waals surface area (Å²) in [7, 11) is 0. The maximum atomic E-state index is 10.9. The van der Waals surface area contributed by atoms with E-state index in [9.17, 15) is 9.90 Å². The molecule has 0 radical (unpaired) electrons. The molecule has 0 unspecified atom stereocenters. The van der Waals surface area contributed by atoms with Gasteiger partial charge in [0.1, 0.15) is 0 Å². The average Bonchev–Trinajstić information content (AvgIpc) is 2.21. The van der Waals surface area contributed by atoms with Crippen LogP contribution in [-0.2, 0) is 4.79 Å². The molecule has 0 bridgehead atoms. The number of quaternary nitrogens is 1. The Morgan fingerprint density at radius 2 is 2.00 bits per heavy atom. The molecule has 94 valence electrons. The molecule has 0 aromatic carbocycles. The second kappa shape index (κ2) is 5.61. The average molecular weight is 230 g/mol. The van der Waals surface area contributed by atoms with Crippen molar-refractivity contribution in [1.82, 2.24) is 4.90 Å². The van der Waals surface area contributed by atoms with Crippen LogP contribution in [0.4, 0.5) is 0 Å². The molecule has 0 atom stereocenters. The highest BCUT2D eigenvalue weighted by atomic mass is 16.4. The van der Waals surface area contributed by atoms with Gasteiger partial charge in [-0.25, -0.2) is 0 Å². The topological polar surface area (TPSA) is 68.0 Å². The summed E-state index contributed by atoms with van der Waals surface area (Å²) in [5, 5.41) is 19.7. The summed E-state index contributed by atoms with van der Waals surface area (Å²) in [4.78, 5) is 14.4. The minimum absolute atomic E-state index is 0.194. The Kier molecular flexibility index (Phi) is 4.70. The van der Waals surface area contributed by atoms with Gasteiger partial charge in [0.05, 0.1) is 37.6 Å². The Labute approximate surface area is 96.7 Å². The molecule has 5 nitrogen and oxygen atoms in total. The van der Waals surface area contributed by atoms with E-state index in [-0.39, 0.29) is 6.61 Å². The lowest BCUT2D eigenvalue weighted by atomic mass is 9.93. The fraction of sp³-hybridized carbons (Fsp3) is 0.909. The van der Waals surface area contributed by atoms with E-state index in [1.54, 1.807) is 13.8 Å². The predicted molar refractivity (Wildman–Crippen MR) is 57.9 cm³/mol. The molecule has 1 aliphatic heterocycles. The molecule has 1 aliphatic rings. The van der Waals surface area contributed by atoms with Crippen LogP contribution in [0.5, 0.6) is 0 Å². The van der Waals surface area contributed by atoms with Gasteiger partial charge in [-0.3, -0.25) is 4.90 Å². The van der Waals surface area contributed by atoms with E-state index in [4.69, 9.17) is 5.11 Å². The maximum absolute atomic E-state index is 10.9. The third-order valence-electron chi connectivity index (χ3n) is 3.22. The number of carboxylic acid groups (broad SMARTS) is 1. The second-order valence-electron chi connectivity index (χ2n) is 5.16. The first kappa shape index (κ1) is 13.4. The SMILES string of the molecule is CC(C)(C[NH+]1CCN(CCO)CC1)C(=O)[O-]. The van der Waals surface area contributed by atoms with Crippen molar-refractivity contribution in [3.63, 3.8) is 0 Å². The maximum Gasteiger partial charge on any atom is 0.0900 e. The largest absolute Gasteiger partial charge is 0.549 e. The minimum Gasteiger partial charge on any atom is -0.549 e. The zero-order chi connectivity index (χ0) is 12.2. The number of hydrogen-bond donors (Lipinski definition) is 2. The van der Waals surface area contributed by atoms with E-state index in [1.165, 1.54) is 4.90 Å². The first-order valence-electron chi connectivity index (χ1n) is 5.84. The molecule has 2 N–H and O–H groups in total. The van der Waals surface area contributed by atoms with Gasteiger partial charge in [0.2, 0.25) is 0 Å². The Balaban J connectivity index is 2.34. The number of aliphatic carboxylic acids is 1. The zero-order valence-corrected chi connectivity index (χ0v) is 10.2. The third kappa shape index (κ3) is 3.73. The second-order valence-corrected chi connectivity index (χ2v) is 5.16. The van der Waals surface area contributed by atoms with Crippen molar-refractivity contribution in [2.75, 3.05) is 45.9 Å². The molecule has 1 saturated heterocycles. The summed E-state index contributed by atoms with van der Waals surface area (Å²) >= 11 is 0. The standard InChI is InChI=1S/C11H22N2O3/c1-11(2,10(15)16)9-13-5-3-12(4-6-13)7-8-14/h14H,3-9H2,1-2H3,(H,15,16). The summed E-state index contributed by atoms with van der Waals surface area (Å²) in [5.74, 6) is -0.974. The number of aliphatic hydroxyl groups excluding tert-OH is 1. The van der Waals surface area contributed by atoms with Crippen molar-refractivity contribution in [1.29, 1.82) is 0 Å². The van der Waals surface area contributed by atoms with Gasteiger partial charge in [-0.15, -0.1) is 0 Å². The Morgan fingerprint density at radius 3 is 2.44 bits per heavy atom. The lowest BCUT2D eigenvalue weighted by Crippen LogP contribution is -3.16. The van der Waals surface area contributed by atoms with Crippen LogP contribution >= 0.6 is 0 Å². The van der Waals surface area contributed by atoms with Crippen LogP contribution in [0.1, 0.15) is 13.8 Å². The van der Waals surface area contributed by atoms with Gasteiger partial charge in [-0.05, 0) is 13.8 Å². The number of aliphatic hydroxyl groups is 1. The fourth-order valence-electron chi connectivity index (χ4n) is 2.11. The number of piperazine rings is 1. The molecular weight excluding hydrogens is 208 g/mol. The first-order valence-corrected chi connectivity index (χ1v) is 5.84. The smallest absolute Gasteiger partial charge is 0.0900 e. The molecule has 1 fully saturated rings. The number of nitrogens with one attached hydrogen (secondary N) is 1. The molecule has 0 amide bonds. The fourth-order valence-corrected chi connectivity index (χ4v) is 2.11. The van der Waals surface area contributed by atoms with E-state index in [0.29, 0.717) is 6.54 Å². The molecule has 5 heteroatoms. The Bertz CT molecular complexity index is 235. The van der Waals surface area contributed by atoms with E-state index in [0.717, 1.165) is 32.7 Å². The summed E-state index contributed by atoms with van der Waals surface area (Å²) in [5.41, 5.74) is -0.755. The first-order chi connectivity index (χ1) is 7.45. The molecule has 1 rings (SSSR count). The predicted octanol–water partition coefficient (Wildman–Crippen LogP) is -3.04. The van der Waals surface area contributed by atoms with Crippen LogP contribution < -0.4 is 10.0 Å². The van der Waals surface area contributed by atoms with Gasteiger partial charge in [0, 0.05) is 19.6 Å². The van der Waals surface area contributed by atoms with Crippen LogP contribution in [-0.4, -0.2) is 61.9 Å². The van der Waals surface area contributed by atoms with Crippen molar-refractivity contribution >= 4 is 5.97 Å². The molecule has 0 saturated carbocycles. The van der Waals surface area contributed by atoms with Gasteiger partial charge in [0.15, 0.2) is 0 Å². The Hall–Kier alpha value is -0.650. The summed E-state index contributed by atoms with van der Waals surface area (Å²) in [6, 6.07) is 0. The van der Waals surface area contributed by atoms with E-state index < -0.39 is 11.4 Å². The van der Waals surface area contributed by atoms with Crippen LogP contribution in [0.15, 0.2) is 0 Å².